The molecule has 2 aromatic heterocycles. The number of nitrogens with zero attached hydrogens (tertiary/aromatic N) is 3. The number of anilines is 2. The van der Waals surface area contributed by atoms with Crippen LogP contribution in [0.2, 0.25) is 0 Å². The van der Waals surface area contributed by atoms with Gasteiger partial charge in [-0.2, -0.15) is 0 Å². The number of hydrogen-bond donors (Lipinski definition) is 1. The highest BCUT2D eigenvalue weighted by Crippen LogP contribution is 2.17. The molecule has 0 bridgehead atoms. The molecule has 0 saturated heterocycles. The van der Waals surface area contributed by atoms with Crippen molar-refractivity contribution in [1.82, 2.24) is 9.97 Å². The molecule has 2 aromatic rings. The van der Waals surface area contributed by atoms with Crippen molar-refractivity contribution in [3.05, 3.63) is 47.9 Å². The van der Waals surface area contributed by atoms with E-state index in [0.717, 1.165) is 30.2 Å². The van der Waals surface area contributed by atoms with Crippen LogP contribution in [0.25, 0.3) is 0 Å². The van der Waals surface area contributed by atoms with Crippen molar-refractivity contribution in [2.24, 2.45) is 0 Å². The van der Waals surface area contributed by atoms with Crippen molar-refractivity contribution in [2.75, 3.05) is 23.8 Å². The molecule has 2 heterocycles. The summed E-state index contributed by atoms with van der Waals surface area (Å²) >= 11 is 0. The molecular formula is C16H20N4O. The van der Waals surface area contributed by atoms with Crippen LogP contribution in [0.15, 0.2) is 36.7 Å². The maximum Gasteiger partial charge on any atom is 0.258 e. The summed E-state index contributed by atoms with van der Waals surface area (Å²) < 4.78 is 0. The van der Waals surface area contributed by atoms with Gasteiger partial charge in [-0.1, -0.05) is 6.92 Å². The lowest BCUT2D eigenvalue weighted by Gasteiger charge is -2.18. The van der Waals surface area contributed by atoms with E-state index in [1.807, 2.05) is 19.1 Å². The average Bonchev–Trinajstić information content (AvgIpc) is 2.51. The highest BCUT2D eigenvalue weighted by Gasteiger charge is 2.15. The summed E-state index contributed by atoms with van der Waals surface area (Å²) in [4.78, 5) is 22.5. The van der Waals surface area contributed by atoms with E-state index in [4.69, 9.17) is 0 Å². The van der Waals surface area contributed by atoms with Gasteiger partial charge in [0.1, 0.15) is 5.82 Å². The van der Waals surface area contributed by atoms with Crippen LogP contribution in [0.3, 0.4) is 0 Å². The Bertz CT molecular complexity index is 613. The van der Waals surface area contributed by atoms with Gasteiger partial charge in [0.2, 0.25) is 0 Å². The lowest BCUT2D eigenvalue weighted by Crippen LogP contribution is -2.26. The summed E-state index contributed by atoms with van der Waals surface area (Å²) in [6.07, 6.45) is 4.35. The molecule has 5 nitrogen and oxygen atoms in total. The van der Waals surface area contributed by atoms with Gasteiger partial charge >= 0.3 is 0 Å². The zero-order valence-electron chi connectivity index (χ0n) is 12.6. The van der Waals surface area contributed by atoms with Crippen LogP contribution in [-0.4, -0.2) is 29.5 Å². The number of amides is 1. The number of carbonyl (C=O) groups excluding carboxylic acids is 1. The minimum absolute atomic E-state index is 0.0637. The Morgan fingerprint density at radius 3 is 2.67 bits per heavy atom. The smallest absolute Gasteiger partial charge is 0.258 e. The van der Waals surface area contributed by atoms with Gasteiger partial charge in [0.05, 0.1) is 0 Å². The first-order chi connectivity index (χ1) is 10.1. The van der Waals surface area contributed by atoms with E-state index >= 15 is 0 Å². The minimum Gasteiger partial charge on any atom is -0.370 e. The van der Waals surface area contributed by atoms with Crippen LogP contribution >= 0.6 is 0 Å². The number of hydrogen-bond acceptors (Lipinski definition) is 4. The number of carbonyl (C=O) groups is 1. The molecule has 0 spiro atoms. The van der Waals surface area contributed by atoms with Crippen molar-refractivity contribution in [1.29, 1.82) is 0 Å². The Morgan fingerprint density at radius 2 is 2.00 bits per heavy atom. The molecule has 0 unspecified atom stereocenters. The lowest BCUT2D eigenvalue weighted by atomic mass is 10.2. The van der Waals surface area contributed by atoms with Gasteiger partial charge in [-0.05, 0) is 37.6 Å². The maximum atomic E-state index is 12.6. The van der Waals surface area contributed by atoms with E-state index in [0.29, 0.717) is 5.56 Å². The van der Waals surface area contributed by atoms with Crippen molar-refractivity contribution >= 4 is 17.4 Å². The molecule has 1 N–H and O–H groups in total. The molecule has 0 aliphatic rings. The van der Waals surface area contributed by atoms with Gasteiger partial charge in [0, 0.05) is 42.9 Å². The second-order valence-corrected chi connectivity index (χ2v) is 4.88. The molecular weight excluding hydrogens is 264 g/mol. The Morgan fingerprint density at radius 1 is 1.29 bits per heavy atom. The number of rotatable bonds is 5. The number of pyridine rings is 2. The van der Waals surface area contributed by atoms with Crippen LogP contribution < -0.4 is 10.2 Å². The van der Waals surface area contributed by atoms with Gasteiger partial charge in [0.25, 0.3) is 5.91 Å². The summed E-state index contributed by atoms with van der Waals surface area (Å²) in [6.45, 7) is 4.82. The fourth-order valence-electron chi connectivity index (χ4n) is 2.01. The third-order valence-electron chi connectivity index (χ3n) is 3.11. The van der Waals surface area contributed by atoms with Crippen LogP contribution in [-0.2, 0) is 0 Å². The van der Waals surface area contributed by atoms with Crippen molar-refractivity contribution in [3.63, 3.8) is 0 Å². The molecule has 0 aliphatic heterocycles. The van der Waals surface area contributed by atoms with Crippen LogP contribution in [0, 0.1) is 6.92 Å². The van der Waals surface area contributed by atoms with Crippen LogP contribution in [0.5, 0.6) is 0 Å². The number of nitrogens with one attached hydrogen (secondary N) is 1. The van der Waals surface area contributed by atoms with E-state index < -0.39 is 0 Å². The molecule has 0 aliphatic carbocycles. The molecule has 21 heavy (non-hydrogen) atoms. The number of aryl methyl sites for hydroxylation is 1. The van der Waals surface area contributed by atoms with Crippen LogP contribution in [0.4, 0.5) is 11.5 Å². The molecule has 0 fully saturated rings. The predicted octanol–water partition coefficient (Wildman–Crippen LogP) is 2.88. The topological polar surface area (TPSA) is 58.1 Å². The monoisotopic (exact) mass is 284 g/mol. The highest BCUT2D eigenvalue weighted by molar-refractivity contribution is 6.06. The van der Waals surface area contributed by atoms with E-state index in [1.54, 1.807) is 36.5 Å². The molecule has 110 valence electrons. The summed E-state index contributed by atoms with van der Waals surface area (Å²) in [5, 5.41) is 3.22. The number of aromatic nitrogens is 2. The Kier molecular flexibility index (Phi) is 4.87. The molecule has 0 aromatic carbocycles. The first-order valence-electron chi connectivity index (χ1n) is 7.02. The summed E-state index contributed by atoms with van der Waals surface area (Å²) in [7, 11) is 1.76. The largest absolute Gasteiger partial charge is 0.370 e. The summed E-state index contributed by atoms with van der Waals surface area (Å²) in [6, 6.07) is 7.21. The minimum atomic E-state index is -0.0637. The van der Waals surface area contributed by atoms with E-state index in [1.165, 1.54) is 0 Å². The second-order valence-electron chi connectivity index (χ2n) is 4.88. The highest BCUT2D eigenvalue weighted by atomic mass is 16.2. The van der Waals surface area contributed by atoms with Crippen molar-refractivity contribution in [2.45, 2.75) is 20.3 Å². The third-order valence-corrected chi connectivity index (χ3v) is 3.11. The standard InChI is InChI=1S/C16H20N4O/c1-4-7-18-15-11-13(10-12(2)19-15)16(21)20(3)14-5-8-17-9-6-14/h5-6,8-11H,4,7H2,1-3H3,(H,18,19). The fraction of sp³-hybridized carbons (Fsp3) is 0.312. The Hall–Kier alpha value is -2.43. The van der Waals surface area contributed by atoms with Crippen LogP contribution in [0.1, 0.15) is 29.4 Å². The third kappa shape index (κ3) is 3.78. The van der Waals surface area contributed by atoms with Crippen molar-refractivity contribution < 1.29 is 4.79 Å². The first kappa shape index (κ1) is 15.0. The van der Waals surface area contributed by atoms with Gasteiger partial charge in [-0.3, -0.25) is 9.78 Å². The molecule has 0 radical (unpaired) electrons. The van der Waals surface area contributed by atoms with Gasteiger partial charge < -0.3 is 10.2 Å². The zero-order chi connectivity index (χ0) is 15.2. The molecule has 1 amide bonds. The fourth-order valence-corrected chi connectivity index (χ4v) is 2.01. The molecule has 2 rings (SSSR count). The van der Waals surface area contributed by atoms with Crippen molar-refractivity contribution in [3.8, 4) is 0 Å². The second kappa shape index (κ2) is 6.83. The van der Waals surface area contributed by atoms with E-state index in [-0.39, 0.29) is 5.91 Å². The first-order valence-corrected chi connectivity index (χ1v) is 7.02. The molecule has 0 saturated carbocycles. The Labute approximate surface area is 125 Å². The van der Waals surface area contributed by atoms with Gasteiger partial charge in [-0.25, -0.2) is 4.98 Å². The van der Waals surface area contributed by atoms with Gasteiger partial charge in [-0.15, -0.1) is 0 Å². The van der Waals surface area contributed by atoms with E-state index in [2.05, 4.69) is 22.2 Å². The van der Waals surface area contributed by atoms with Gasteiger partial charge in [0.15, 0.2) is 0 Å². The molecule has 0 atom stereocenters. The SMILES string of the molecule is CCCNc1cc(C(=O)N(C)c2ccncc2)cc(C)n1. The Balaban J connectivity index is 2.24. The zero-order valence-corrected chi connectivity index (χ0v) is 12.6. The average molecular weight is 284 g/mol. The predicted molar refractivity (Wildman–Crippen MR) is 84.7 cm³/mol. The normalized spacial score (nSPS) is 10.2. The molecule has 5 heteroatoms. The quantitative estimate of drug-likeness (QED) is 0.917. The summed E-state index contributed by atoms with van der Waals surface area (Å²) in [5.74, 6) is 0.676. The maximum absolute atomic E-state index is 12.6. The lowest BCUT2D eigenvalue weighted by molar-refractivity contribution is 0.0993. The van der Waals surface area contributed by atoms with E-state index in [9.17, 15) is 4.79 Å². The summed E-state index contributed by atoms with van der Waals surface area (Å²) in [5.41, 5.74) is 2.26.